The summed E-state index contributed by atoms with van der Waals surface area (Å²) in [6.07, 6.45) is 9.74. The van der Waals surface area contributed by atoms with Crippen molar-refractivity contribution < 1.29 is 4.79 Å². The molecular weight excluding hydrogens is 260 g/mol. The largest absolute Gasteiger partial charge is 0.353 e. The number of nitrogens with two attached hydrogens (primary N) is 1. The fourth-order valence-electron chi connectivity index (χ4n) is 5.61. The second kappa shape index (κ2) is 5.26. The predicted molar refractivity (Wildman–Crippen MR) is 85.7 cm³/mol. The van der Waals surface area contributed by atoms with E-state index < -0.39 is 0 Å². The van der Waals surface area contributed by atoms with Gasteiger partial charge >= 0.3 is 0 Å². The molecular formula is C18H32N2O. The maximum atomic E-state index is 12.2. The minimum absolute atomic E-state index is 0.191. The van der Waals surface area contributed by atoms with Gasteiger partial charge in [-0.15, -0.1) is 0 Å². The Labute approximate surface area is 129 Å². The molecule has 0 heterocycles. The molecule has 4 rings (SSSR count). The van der Waals surface area contributed by atoms with E-state index in [0.717, 1.165) is 24.2 Å². The van der Waals surface area contributed by atoms with Crippen molar-refractivity contribution in [3.05, 3.63) is 0 Å². The predicted octanol–water partition coefficient (Wildman–Crippen LogP) is 3.23. The summed E-state index contributed by atoms with van der Waals surface area (Å²) in [5.74, 6) is 3.02. The highest BCUT2D eigenvalue weighted by molar-refractivity contribution is 5.76. The first kappa shape index (κ1) is 15.3. The molecule has 4 saturated carbocycles. The van der Waals surface area contributed by atoms with Gasteiger partial charge in [0.05, 0.1) is 0 Å². The van der Waals surface area contributed by atoms with E-state index in [2.05, 4.69) is 12.2 Å². The van der Waals surface area contributed by atoms with E-state index in [0.29, 0.717) is 17.9 Å². The summed E-state index contributed by atoms with van der Waals surface area (Å²) >= 11 is 0. The number of carbonyl (C=O) groups excluding carboxylic acids is 1. The summed E-state index contributed by atoms with van der Waals surface area (Å²) in [6.45, 7) is 6.23. The van der Waals surface area contributed by atoms with Crippen LogP contribution in [0, 0.1) is 23.2 Å². The topological polar surface area (TPSA) is 55.1 Å². The van der Waals surface area contributed by atoms with Crippen LogP contribution in [0.25, 0.3) is 0 Å². The van der Waals surface area contributed by atoms with Gasteiger partial charge in [-0.05, 0) is 88.9 Å². The van der Waals surface area contributed by atoms with Crippen LogP contribution in [-0.2, 0) is 4.79 Å². The minimum atomic E-state index is -0.249. The van der Waals surface area contributed by atoms with Crippen LogP contribution in [0.4, 0.5) is 0 Å². The second-order valence-electron chi connectivity index (χ2n) is 9.06. The zero-order valence-corrected chi connectivity index (χ0v) is 14.0. The van der Waals surface area contributed by atoms with Crippen LogP contribution in [-0.4, -0.2) is 17.5 Å². The van der Waals surface area contributed by atoms with Gasteiger partial charge in [0.1, 0.15) is 0 Å². The van der Waals surface area contributed by atoms with E-state index in [1.54, 1.807) is 0 Å². The Morgan fingerprint density at radius 2 is 1.67 bits per heavy atom. The highest BCUT2D eigenvalue weighted by atomic mass is 16.1. The van der Waals surface area contributed by atoms with Gasteiger partial charge in [0.25, 0.3) is 0 Å². The molecule has 4 fully saturated rings. The first-order chi connectivity index (χ1) is 9.76. The molecule has 0 radical (unpaired) electrons. The van der Waals surface area contributed by atoms with Crippen LogP contribution < -0.4 is 11.1 Å². The van der Waals surface area contributed by atoms with Crippen molar-refractivity contribution in [1.82, 2.24) is 5.32 Å². The third-order valence-electron chi connectivity index (χ3n) is 6.38. The quantitative estimate of drug-likeness (QED) is 0.817. The number of hydrogen-bond acceptors (Lipinski definition) is 2. The summed E-state index contributed by atoms with van der Waals surface area (Å²) < 4.78 is 0. The average molecular weight is 292 g/mol. The van der Waals surface area contributed by atoms with E-state index in [1.807, 2.05) is 13.8 Å². The molecule has 1 unspecified atom stereocenters. The third kappa shape index (κ3) is 3.28. The summed E-state index contributed by atoms with van der Waals surface area (Å²) in [6, 6.07) is 0.333. The van der Waals surface area contributed by atoms with E-state index in [9.17, 15) is 4.79 Å². The lowest BCUT2D eigenvalue weighted by Gasteiger charge is -2.59. The van der Waals surface area contributed by atoms with Crippen molar-refractivity contribution >= 4 is 5.91 Å². The third-order valence-corrected chi connectivity index (χ3v) is 6.38. The fourth-order valence-corrected chi connectivity index (χ4v) is 5.61. The first-order valence-corrected chi connectivity index (χ1v) is 8.84. The maximum Gasteiger partial charge on any atom is 0.220 e. The Kier molecular flexibility index (Phi) is 3.84. The van der Waals surface area contributed by atoms with Gasteiger partial charge in [-0.2, -0.15) is 0 Å². The average Bonchev–Trinajstić information content (AvgIpc) is 2.34. The first-order valence-electron chi connectivity index (χ1n) is 8.84. The molecule has 1 amide bonds. The summed E-state index contributed by atoms with van der Waals surface area (Å²) in [7, 11) is 0. The van der Waals surface area contributed by atoms with Gasteiger partial charge < -0.3 is 11.1 Å². The number of rotatable bonds is 5. The molecule has 120 valence electrons. The molecule has 4 bridgehead atoms. The molecule has 0 aromatic rings. The maximum absolute atomic E-state index is 12.2. The normalized spacial score (nSPS) is 39.3. The Morgan fingerprint density at radius 3 is 2.10 bits per heavy atom. The van der Waals surface area contributed by atoms with Gasteiger partial charge in [-0.25, -0.2) is 0 Å². The van der Waals surface area contributed by atoms with Crippen molar-refractivity contribution in [1.29, 1.82) is 0 Å². The standard InChI is InChI=1S/C18H32N2O/c1-12(20-16(21)4-5-17(2,3)19)18-9-13-6-14(10-18)8-15(7-13)11-18/h12-15H,4-11,19H2,1-3H3,(H,20,21). The zero-order valence-electron chi connectivity index (χ0n) is 14.0. The van der Waals surface area contributed by atoms with Crippen molar-refractivity contribution in [3.63, 3.8) is 0 Å². The lowest BCUT2D eigenvalue weighted by molar-refractivity contribution is -0.126. The Hall–Kier alpha value is -0.570. The molecule has 4 aliphatic rings. The summed E-state index contributed by atoms with van der Waals surface area (Å²) in [4.78, 5) is 12.2. The number of nitrogens with one attached hydrogen (secondary N) is 1. The molecule has 0 spiro atoms. The lowest BCUT2D eigenvalue weighted by Crippen LogP contribution is -2.55. The van der Waals surface area contributed by atoms with E-state index in [4.69, 9.17) is 5.73 Å². The van der Waals surface area contributed by atoms with Gasteiger partial charge in [0.2, 0.25) is 5.91 Å². The molecule has 3 heteroatoms. The summed E-state index contributed by atoms with van der Waals surface area (Å²) in [5, 5.41) is 3.32. The molecule has 21 heavy (non-hydrogen) atoms. The van der Waals surface area contributed by atoms with Crippen molar-refractivity contribution in [2.75, 3.05) is 0 Å². The molecule has 0 aromatic heterocycles. The Morgan fingerprint density at radius 1 is 1.19 bits per heavy atom. The molecule has 0 aliphatic heterocycles. The van der Waals surface area contributed by atoms with Gasteiger partial charge in [0.15, 0.2) is 0 Å². The van der Waals surface area contributed by atoms with E-state index >= 15 is 0 Å². The van der Waals surface area contributed by atoms with Crippen LogP contribution in [0.2, 0.25) is 0 Å². The lowest BCUT2D eigenvalue weighted by atomic mass is 9.48. The van der Waals surface area contributed by atoms with Crippen LogP contribution >= 0.6 is 0 Å². The molecule has 3 nitrogen and oxygen atoms in total. The van der Waals surface area contributed by atoms with Crippen molar-refractivity contribution in [3.8, 4) is 0 Å². The van der Waals surface area contributed by atoms with Crippen molar-refractivity contribution in [2.45, 2.75) is 83.7 Å². The smallest absolute Gasteiger partial charge is 0.220 e. The van der Waals surface area contributed by atoms with Gasteiger partial charge in [-0.1, -0.05) is 0 Å². The SMILES string of the molecule is CC(NC(=O)CCC(C)(C)N)C12CC3CC(CC(C3)C1)C2. The minimum Gasteiger partial charge on any atom is -0.353 e. The van der Waals surface area contributed by atoms with E-state index in [-0.39, 0.29) is 11.4 Å². The van der Waals surface area contributed by atoms with Crippen LogP contribution in [0.5, 0.6) is 0 Å². The molecule has 1 atom stereocenters. The molecule has 0 aromatic carbocycles. The number of carbonyl (C=O) groups is 1. The zero-order chi connectivity index (χ0) is 15.3. The van der Waals surface area contributed by atoms with Crippen LogP contribution in [0.3, 0.4) is 0 Å². The molecule has 0 saturated heterocycles. The molecule has 4 aliphatic carbocycles. The highest BCUT2D eigenvalue weighted by Crippen LogP contribution is 2.61. The molecule has 3 N–H and O–H groups in total. The highest BCUT2D eigenvalue weighted by Gasteiger charge is 2.53. The number of amides is 1. The fraction of sp³-hybridized carbons (Fsp3) is 0.944. The summed E-state index contributed by atoms with van der Waals surface area (Å²) in [5.41, 5.74) is 6.14. The second-order valence-corrected chi connectivity index (χ2v) is 9.06. The van der Waals surface area contributed by atoms with Gasteiger partial charge in [0, 0.05) is 18.0 Å². The van der Waals surface area contributed by atoms with E-state index in [1.165, 1.54) is 38.5 Å². The van der Waals surface area contributed by atoms with Crippen molar-refractivity contribution in [2.24, 2.45) is 28.9 Å². The Balaban J connectivity index is 1.58. The van der Waals surface area contributed by atoms with Gasteiger partial charge in [-0.3, -0.25) is 4.79 Å². The Bertz CT molecular complexity index is 375. The number of hydrogen-bond donors (Lipinski definition) is 2. The van der Waals surface area contributed by atoms with Crippen LogP contribution in [0.15, 0.2) is 0 Å². The van der Waals surface area contributed by atoms with Crippen LogP contribution in [0.1, 0.15) is 72.1 Å². The monoisotopic (exact) mass is 292 g/mol.